The molecule has 0 spiro atoms. The highest BCUT2D eigenvalue weighted by molar-refractivity contribution is 5.95. The number of hydrogen-bond acceptors (Lipinski definition) is 6. The van der Waals surface area contributed by atoms with E-state index in [1.807, 2.05) is 18.2 Å². The van der Waals surface area contributed by atoms with E-state index in [0.717, 1.165) is 5.56 Å². The van der Waals surface area contributed by atoms with Gasteiger partial charge in [0, 0.05) is 32.3 Å². The van der Waals surface area contributed by atoms with Crippen molar-refractivity contribution < 1.29 is 23.6 Å². The van der Waals surface area contributed by atoms with E-state index in [1.54, 1.807) is 20.3 Å². The van der Waals surface area contributed by atoms with Crippen molar-refractivity contribution in [3.05, 3.63) is 36.0 Å². The average Bonchev–Trinajstić information content (AvgIpc) is 3.11. The van der Waals surface area contributed by atoms with Crippen LogP contribution in [0.3, 0.4) is 0 Å². The summed E-state index contributed by atoms with van der Waals surface area (Å²) in [6.45, 7) is 0.724. The van der Waals surface area contributed by atoms with Crippen LogP contribution in [0.25, 0.3) is 11.3 Å². The maximum absolute atomic E-state index is 12.4. The van der Waals surface area contributed by atoms with Crippen molar-refractivity contribution in [1.29, 1.82) is 0 Å². The van der Waals surface area contributed by atoms with Crippen LogP contribution in [0.2, 0.25) is 0 Å². The van der Waals surface area contributed by atoms with E-state index in [0.29, 0.717) is 24.7 Å². The zero-order valence-corrected chi connectivity index (χ0v) is 14.4. The molecule has 0 fully saturated rings. The van der Waals surface area contributed by atoms with Gasteiger partial charge < -0.3 is 24.2 Å². The first-order chi connectivity index (χ1) is 12.0. The molecule has 0 unspecified atom stereocenters. The number of rotatable bonds is 8. The van der Waals surface area contributed by atoms with Gasteiger partial charge in [0.15, 0.2) is 11.5 Å². The summed E-state index contributed by atoms with van der Waals surface area (Å²) in [5, 5.41) is 6.44. The summed E-state index contributed by atoms with van der Waals surface area (Å²) < 4.78 is 15.2. The smallest absolute Gasteiger partial charge is 0.276 e. The summed E-state index contributed by atoms with van der Waals surface area (Å²) in [5.74, 6) is 0.441. The van der Waals surface area contributed by atoms with Crippen molar-refractivity contribution in [2.75, 3.05) is 41.0 Å². The molecular weight excluding hydrogens is 326 g/mol. The van der Waals surface area contributed by atoms with Crippen LogP contribution in [-0.2, 0) is 9.53 Å². The van der Waals surface area contributed by atoms with E-state index in [-0.39, 0.29) is 18.1 Å². The lowest BCUT2D eigenvalue weighted by atomic mass is 10.1. The third-order valence-electron chi connectivity index (χ3n) is 3.44. The summed E-state index contributed by atoms with van der Waals surface area (Å²) in [6, 6.07) is 8.76. The highest BCUT2D eigenvalue weighted by atomic mass is 16.5. The van der Waals surface area contributed by atoms with Crippen molar-refractivity contribution in [2.24, 2.45) is 0 Å². The topological polar surface area (TPSA) is 93.9 Å². The molecule has 0 aliphatic carbocycles. The van der Waals surface area contributed by atoms with Gasteiger partial charge in [-0.25, -0.2) is 0 Å². The quantitative estimate of drug-likeness (QED) is 0.721. The number of nitrogens with zero attached hydrogens (tertiary/aromatic N) is 2. The standard InChI is InChI=1S/C17H21N3O5/c1-20(11-16(21)18-7-8-23-2)17(22)14-10-15(25-19-14)12-5-4-6-13(9-12)24-3/h4-6,9-10H,7-8,11H2,1-3H3,(H,18,21). The monoisotopic (exact) mass is 347 g/mol. The maximum Gasteiger partial charge on any atom is 0.276 e. The van der Waals surface area contributed by atoms with Crippen LogP contribution < -0.4 is 10.1 Å². The molecule has 2 rings (SSSR count). The van der Waals surface area contributed by atoms with Gasteiger partial charge in [0.2, 0.25) is 5.91 Å². The largest absolute Gasteiger partial charge is 0.497 e. The van der Waals surface area contributed by atoms with Crippen LogP contribution >= 0.6 is 0 Å². The second kappa shape index (κ2) is 8.84. The Morgan fingerprint density at radius 1 is 1.28 bits per heavy atom. The molecule has 1 aromatic heterocycles. The molecule has 25 heavy (non-hydrogen) atoms. The van der Waals surface area contributed by atoms with E-state index in [4.69, 9.17) is 14.0 Å². The molecule has 2 amide bonds. The zero-order valence-electron chi connectivity index (χ0n) is 14.4. The zero-order chi connectivity index (χ0) is 18.2. The first-order valence-corrected chi connectivity index (χ1v) is 7.67. The van der Waals surface area contributed by atoms with Gasteiger partial charge in [0.1, 0.15) is 5.75 Å². The van der Waals surface area contributed by atoms with Crippen LogP contribution in [0.5, 0.6) is 5.75 Å². The van der Waals surface area contributed by atoms with Crippen LogP contribution in [0, 0.1) is 0 Å². The molecule has 0 aliphatic rings. The average molecular weight is 347 g/mol. The molecule has 0 saturated heterocycles. The van der Waals surface area contributed by atoms with Crippen molar-refractivity contribution >= 4 is 11.8 Å². The highest BCUT2D eigenvalue weighted by Gasteiger charge is 2.19. The fourth-order valence-electron chi connectivity index (χ4n) is 2.12. The van der Waals surface area contributed by atoms with E-state index in [2.05, 4.69) is 10.5 Å². The Morgan fingerprint density at radius 3 is 2.80 bits per heavy atom. The summed E-state index contributed by atoms with van der Waals surface area (Å²) >= 11 is 0. The van der Waals surface area contributed by atoms with Crippen LogP contribution in [0.15, 0.2) is 34.9 Å². The van der Waals surface area contributed by atoms with Gasteiger partial charge in [-0.3, -0.25) is 9.59 Å². The molecule has 1 N–H and O–H groups in total. The minimum atomic E-state index is -0.403. The summed E-state index contributed by atoms with van der Waals surface area (Å²) in [5.41, 5.74) is 0.871. The molecule has 8 nitrogen and oxygen atoms in total. The number of carbonyl (C=O) groups excluding carboxylic acids is 2. The molecular formula is C17H21N3O5. The fraction of sp³-hybridized carbons (Fsp3) is 0.353. The molecule has 2 aromatic rings. The Labute approximate surface area is 145 Å². The lowest BCUT2D eigenvalue weighted by Gasteiger charge is -2.15. The molecule has 1 heterocycles. The normalized spacial score (nSPS) is 10.4. The third kappa shape index (κ3) is 5.05. The second-order valence-corrected chi connectivity index (χ2v) is 5.31. The van der Waals surface area contributed by atoms with Crippen LogP contribution in [0.1, 0.15) is 10.5 Å². The number of benzene rings is 1. The highest BCUT2D eigenvalue weighted by Crippen LogP contribution is 2.24. The molecule has 8 heteroatoms. The third-order valence-corrected chi connectivity index (χ3v) is 3.44. The van der Waals surface area contributed by atoms with Gasteiger partial charge in [0.05, 0.1) is 20.3 Å². The Bertz CT molecular complexity index is 729. The lowest BCUT2D eigenvalue weighted by molar-refractivity contribution is -0.121. The number of likely N-dealkylation sites (N-methyl/N-ethyl adjacent to an activating group) is 1. The van der Waals surface area contributed by atoms with Crippen LogP contribution in [0.4, 0.5) is 0 Å². The molecule has 0 radical (unpaired) electrons. The molecule has 134 valence electrons. The predicted octanol–water partition coefficient (Wildman–Crippen LogP) is 1.18. The summed E-state index contributed by atoms with van der Waals surface area (Å²) in [7, 11) is 4.64. The Kier molecular flexibility index (Phi) is 6.53. The minimum Gasteiger partial charge on any atom is -0.497 e. The van der Waals surface area contributed by atoms with Crippen LogP contribution in [-0.4, -0.2) is 62.8 Å². The summed E-state index contributed by atoms with van der Waals surface area (Å²) in [4.78, 5) is 25.4. The first kappa shape index (κ1) is 18.5. The molecule has 0 bridgehead atoms. The van der Waals surface area contributed by atoms with Gasteiger partial charge in [-0.15, -0.1) is 0 Å². The van der Waals surface area contributed by atoms with Crippen molar-refractivity contribution in [3.8, 4) is 17.1 Å². The second-order valence-electron chi connectivity index (χ2n) is 5.31. The minimum absolute atomic E-state index is 0.0795. The number of hydrogen-bond donors (Lipinski definition) is 1. The van der Waals surface area contributed by atoms with Gasteiger partial charge in [0.25, 0.3) is 5.91 Å². The number of amides is 2. The number of nitrogens with one attached hydrogen (secondary N) is 1. The van der Waals surface area contributed by atoms with Gasteiger partial charge in [-0.05, 0) is 12.1 Å². The van der Waals surface area contributed by atoms with Gasteiger partial charge in [-0.1, -0.05) is 17.3 Å². The SMILES string of the molecule is COCCNC(=O)CN(C)C(=O)c1cc(-c2cccc(OC)c2)on1. The first-order valence-electron chi connectivity index (χ1n) is 7.67. The molecule has 0 atom stereocenters. The summed E-state index contributed by atoms with van der Waals surface area (Å²) in [6.07, 6.45) is 0. The van der Waals surface area contributed by atoms with E-state index < -0.39 is 5.91 Å². The molecule has 0 aliphatic heterocycles. The molecule has 1 aromatic carbocycles. The number of ether oxygens (including phenoxy) is 2. The van der Waals surface area contributed by atoms with E-state index in [9.17, 15) is 9.59 Å². The van der Waals surface area contributed by atoms with Gasteiger partial charge >= 0.3 is 0 Å². The van der Waals surface area contributed by atoms with Crippen molar-refractivity contribution in [1.82, 2.24) is 15.4 Å². The number of aromatic nitrogens is 1. The predicted molar refractivity (Wildman–Crippen MR) is 90.3 cm³/mol. The number of carbonyl (C=O) groups is 2. The molecule has 0 saturated carbocycles. The van der Waals surface area contributed by atoms with Gasteiger partial charge in [-0.2, -0.15) is 0 Å². The van der Waals surface area contributed by atoms with Crippen molar-refractivity contribution in [2.45, 2.75) is 0 Å². The Morgan fingerprint density at radius 2 is 2.08 bits per heavy atom. The van der Waals surface area contributed by atoms with Crippen molar-refractivity contribution in [3.63, 3.8) is 0 Å². The Hall–Kier alpha value is -2.87. The van der Waals surface area contributed by atoms with E-state index in [1.165, 1.54) is 18.0 Å². The maximum atomic E-state index is 12.4. The fourth-order valence-corrected chi connectivity index (χ4v) is 2.12. The lowest BCUT2D eigenvalue weighted by Crippen LogP contribution is -2.39. The number of methoxy groups -OCH3 is 2. The Balaban J connectivity index is 2.00. The van der Waals surface area contributed by atoms with E-state index >= 15 is 0 Å².